The molecule has 2 amide bonds. The van der Waals surface area contributed by atoms with E-state index in [4.69, 9.17) is 4.74 Å². The summed E-state index contributed by atoms with van der Waals surface area (Å²) in [7, 11) is 0. The van der Waals surface area contributed by atoms with Crippen LogP contribution in [0.1, 0.15) is 22.8 Å². The Labute approximate surface area is 174 Å². The van der Waals surface area contributed by atoms with Gasteiger partial charge in [-0.05, 0) is 48.0 Å². The van der Waals surface area contributed by atoms with Crippen LogP contribution in [-0.4, -0.2) is 17.8 Å². The molecular formula is C24H20N2O4. The predicted octanol–water partition coefficient (Wildman–Crippen LogP) is 4.52. The zero-order valence-electron chi connectivity index (χ0n) is 16.3. The Hall–Kier alpha value is -4.19. The van der Waals surface area contributed by atoms with Crippen molar-refractivity contribution in [2.24, 2.45) is 0 Å². The molecule has 150 valence electrons. The van der Waals surface area contributed by atoms with Crippen LogP contribution >= 0.6 is 0 Å². The lowest BCUT2D eigenvalue weighted by Crippen LogP contribution is -2.13. The van der Waals surface area contributed by atoms with E-state index >= 15 is 0 Å². The highest BCUT2D eigenvalue weighted by Gasteiger charge is 2.09. The van der Waals surface area contributed by atoms with E-state index in [1.54, 1.807) is 48.5 Å². The van der Waals surface area contributed by atoms with Gasteiger partial charge in [-0.2, -0.15) is 0 Å². The van der Waals surface area contributed by atoms with Gasteiger partial charge in [0.05, 0.1) is 0 Å². The molecule has 0 radical (unpaired) electrons. The van der Waals surface area contributed by atoms with Crippen molar-refractivity contribution in [2.45, 2.75) is 6.92 Å². The monoisotopic (exact) mass is 400 g/mol. The zero-order valence-corrected chi connectivity index (χ0v) is 16.3. The van der Waals surface area contributed by atoms with Gasteiger partial charge in [0.25, 0.3) is 5.91 Å². The van der Waals surface area contributed by atoms with E-state index in [9.17, 15) is 14.4 Å². The van der Waals surface area contributed by atoms with E-state index in [1.807, 2.05) is 30.3 Å². The van der Waals surface area contributed by atoms with Crippen molar-refractivity contribution < 1.29 is 19.1 Å². The minimum absolute atomic E-state index is 0.281. The number of anilines is 2. The number of esters is 1. The summed E-state index contributed by atoms with van der Waals surface area (Å²) >= 11 is 0. The van der Waals surface area contributed by atoms with Crippen LogP contribution in [0.3, 0.4) is 0 Å². The summed E-state index contributed by atoms with van der Waals surface area (Å²) < 4.78 is 5.00. The van der Waals surface area contributed by atoms with Crippen LogP contribution in [0, 0.1) is 0 Å². The molecule has 0 aliphatic carbocycles. The van der Waals surface area contributed by atoms with E-state index in [-0.39, 0.29) is 11.8 Å². The molecule has 0 aliphatic rings. The Kier molecular flexibility index (Phi) is 6.74. The van der Waals surface area contributed by atoms with Crippen LogP contribution in [0.4, 0.5) is 11.4 Å². The molecule has 0 heterocycles. The van der Waals surface area contributed by atoms with E-state index in [2.05, 4.69) is 10.6 Å². The van der Waals surface area contributed by atoms with E-state index in [1.165, 1.54) is 19.1 Å². The fourth-order valence-corrected chi connectivity index (χ4v) is 2.66. The van der Waals surface area contributed by atoms with Crippen LogP contribution in [0.5, 0.6) is 5.75 Å². The minimum atomic E-state index is -0.461. The Bertz CT molecular complexity index is 1090. The van der Waals surface area contributed by atoms with Gasteiger partial charge < -0.3 is 15.4 Å². The van der Waals surface area contributed by atoms with Crippen molar-refractivity contribution in [1.29, 1.82) is 0 Å². The standard InChI is InChI=1S/C24H20N2O4/c1-17(27)30-22-12-5-9-19(15-22)24(29)26-21-11-6-10-20(16-21)25-23(28)14-13-18-7-3-2-4-8-18/h2-16H,1H3,(H,25,28)(H,26,29)/b14-13+. The van der Waals surface area contributed by atoms with Crippen molar-refractivity contribution in [2.75, 3.05) is 10.6 Å². The number of hydrogen-bond acceptors (Lipinski definition) is 4. The summed E-state index contributed by atoms with van der Waals surface area (Å²) in [6.45, 7) is 1.29. The number of amides is 2. The lowest BCUT2D eigenvalue weighted by atomic mass is 10.2. The van der Waals surface area contributed by atoms with Gasteiger partial charge in [-0.25, -0.2) is 0 Å². The molecule has 3 rings (SSSR count). The average molecular weight is 400 g/mol. The van der Waals surface area contributed by atoms with Gasteiger partial charge in [0.2, 0.25) is 5.91 Å². The third kappa shape index (κ3) is 6.17. The molecule has 3 aromatic rings. The Morgan fingerprint density at radius 2 is 1.50 bits per heavy atom. The van der Waals surface area contributed by atoms with E-state index in [0.717, 1.165) is 5.56 Å². The summed E-state index contributed by atoms with van der Waals surface area (Å²) in [5.74, 6) is -0.813. The van der Waals surface area contributed by atoms with Gasteiger partial charge >= 0.3 is 5.97 Å². The van der Waals surface area contributed by atoms with Gasteiger partial charge in [0.15, 0.2) is 0 Å². The quantitative estimate of drug-likeness (QED) is 0.362. The molecule has 0 saturated heterocycles. The summed E-state index contributed by atoms with van der Waals surface area (Å²) in [6, 6.07) is 22.6. The van der Waals surface area contributed by atoms with Crippen LogP contribution in [0.15, 0.2) is 84.9 Å². The van der Waals surface area contributed by atoms with Gasteiger partial charge in [-0.3, -0.25) is 14.4 Å². The molecule has 6 nitrogen and oxygen atoms in total. The second-order valence-corrected chi connectivity index (χ2v) is 6.39. The number of rotatable bonds is 6. The Balaban J connectivity index is 1.64. The highest BCUT2D eigenvalue weighted by Crippen LogP contribution is 2.18. The van der Waals surface area contributed by atoms with Gasteiger partial charge in [0, 0.05) is 29.9 Å². The molecule has 2 N–H and O–H groups in total. The van der Waals surface area contributed by atoms with Gasteiger partial charge in [-0.1, -0.05) is 42.5 Å². The van der Waals surface area contributed by atoms with Crippen molar-refractivity contribution in [1.82, 2.24) is 0 Å². The molecule has 0 spiro atoms. The highest BCUT2D eigenvalue weighted by atomic mass is 16.5. The normalized spacial score (nSPS) is 10.4. The molecule has 0 aromatic heterocycles. The molecule has 3 aromatic carbocycles. The Morgan fingerprint density at radius 1 is 0.800 bits per heavy atom. The molecule has 0 saturated carbocycles. The summed E-state index contributed by atoms with van der Waals surface area (Å²) in [4.78, 5) is 35.7. The molecule has 30 heavy (non-hydrogen) atoms. The molecule has 0 aliphatic heterocycles. The average Bonchev–Trinajstić information content (AvgIpc) is 2.73. The van der Waals surface area contributed by atoms with Crippen LogP contribution in [0.25, 0.3) is 6.08 Å². The van der Waals surface area contributed by atoms with E-state index in [0.29, 0.717) is 22.7 Å². The molecular weight excluding hydrogens is 380 g/mol. The minimum Gasteiger partial charge on any atom is -0.427 e. The maximum Gasteiger partial charge on any atom is 0.308 e. The number of carbonyl (C=O) groups excluding carboxylic acids is 3. The van der Waals surface area contributed by atoms with Crippen LogP contribution in [0.2, 0.25) is 0 Å². The van der Waals surface area contributed by atoms with Crippen molar-refractivity contribution in [3.63, 3.8) is 0 Å². The van der Waals surface area contributed by atoms with Crippen LogP contribution < -0.4 is 15.4 Å². The second-order valence-electron chi connectivity index (χ2n) is 6.39. The van der Waals surface area contributed by atoms with E-state index < -0.39 is 5.97 Å². The largest absolute Gasteiger partial charge is 0.427 e. The van der Waals surface area contributed by atoms with Crippen molar-refractivity contribution in [3.05, 3.63) is 96.1 Å². The van der Waals surface area contributed by atoms with Gasteiger partial charge in [-0.15, -0.1) is 0 Å². The maximum absolute atomic E-state index is 12.5. The summed E-state index contributed by atoms with van der Waals surface area (Å²) in [5, 5.41) is 5.52. The fourth-order valence-electron chi connectivity index (χ4n) is 2.66. The lowest BCUT2D eigenvalue weighted by molar-refractivity contribution is -0.131. The van der Waals surface area contributed by atoms with Gasteiger partial charge in [0.1, 0.15) is 5.75 Å². The first-order chi connectivity index (χ1) is 14.5. The lowest BCUT2D eigenvalue weighted by Gasteiger charge is -2.09. The molecule has 0 bridgehead atoms. The third-order valence-electron chi connectivity index (χ3n) is 3.97. The Morgan fingerprint density at radius 3 is 2.23 bits per heavy atom. The first kappa shape index (κ1) is 20.5. The smallest absolute Gasteiger partial charge is 0.308 e. The van der Waals surface area contributed by atoms with Crippen molar-refractivity contribution in [3.8, 4) is 5.75 Å². The number of benzene rings is 3. The predicted molar refractivity (Wildman–Crippen MR) is 116 cm³/mol. The number of carbonyl (C=O) groups is 3. The maximum atomic E-state index is 12.5. The third-order valence-corrected chi connectivity index (χ3v) is 3.97. The summed E-state index contributed by atoms with van der Waals surface area (Å²) in [5.41, 5.74) is 2.32. The molecule has 0 unspecified atom stereocenters. The number of ether oxygens (including phenoxy) is 1. The van der Waals surface area contributed by atoms with Crippen LogP contribution in [-0.2, 0) is 9.59 Å². The first-order valence-electron chi connectivity index (χ1n) is 9.23. The zero-order chi connectivity index (χ0) is 21.3. The number of nitrogens with one attached hydrogen (secondary N) is 2. The SMILES string of the molecule is CC(=O)Oc1cccc(C(=O)Nc2cccc(NC(=O)/C=C/c3ccccc3)c2)c1. The highest BCUT2D eigenvalue weighted by molar-refractivity contribution is 6.05. The molecule has 0 atom stereocenters. The van der Waals surface area contributed by atoms with Crippen molar-refractivity contribution >= 4 is 35.2 Å². The molecule has 6 heteroatoms. The molecule has 0 fully saturated rings. The topological polar surface area (TPSA) is 84.5 Å². The number of hydrogen-bond donors (Lipinski definition) is 2. The summed E-state index contributed by atoms with van der Waals surface area (Å²) in [6.07, 6.45) is 3.16. The second kappa shape index (κ2) is 9.84. The fraction of sp³-hybridized carbons (Fsp3) is 0.0417. The first-order valence-corrected chi connectivity index (χ1v) is 9.23.